The van der Waals surface area contributed by atoms with Gasteiger partial charge in [0.1, 0.15) is 0 Å². The Balaban J connectivity index is 1.82. The lowest BCUT2D eigenvalue weighted by molar-refractivity contribution is 0.0952. The van der Waals surface area contributed by atoms with Gasteiger partial charge in [-0.2, -0.15) is 0 Å². The van der Waals surface area contributed by atoms with Crippen LogP contribution in [0.15, 0.2) is 53.4 Å². The molecule has 1 aliphatic carbocycles. The van der Waals surface area contributed by atoms with Gasteiger partial charge in [-0.05, 0) is 55.0 Å². The minimum atomic E-state index is -3.76. The number of carbonyl (C=O) groups excluding carboxylic acids is 1. The fourth-order valence-corrected chi connectivity index (χ4v) is 3.76. The molecule has 6 heteroatoms. The maximum absolute atomic E-state index is 12.7. The third-order valence-corrected chi connectivity index (χ3v) is 6.08. The van der Waals surface area contributed by atoms with E-state index in [4.69, 9.17) is 0 Å². The van der Waals surface area contributed by atoms with E-state index in [9.17, 15) is 13.2 Å². The number of anilines is 1. The molecule has 0 saturated heterocycles. The summed E-state index contributed by atoms with van der Waals surface area (Å²) >= 11 is 0. The van der Waals surface area contributed by atoms with Crippen molar-refractivity contribution >= 4 is 21.6 Å². The van der Waals surface area contributed by atoms with Crippen LogP contribution in [0.1, 0.15) is 54.9 Å². The maximum Gasteiger partial charge on any atom is 0.261 e. The minimum absolute atomic E-state index is 0.182. The zero-order valence-corrected chi connectivity index (χ0v) is 15.8. The molecule has 1 fully saturated rings. The lowest BCUT2D eigenvalue weighted by atomic mass is 9.99. The van der Waals surface area contributed by atoms with E-state index in [0.29, 0.717) is 11.5 Å². The summed E-state index contributed by atoms with van der Waals surface area (Å²) in [5, 5.41) is 2.89. The van der Waals surface area contributed by atoms with Crippen LogP contribution in [-0.2, 0) is 10.0 Å². The van der Waals surface area contributed by atoms with Crippen molar-refractivity contribution in [1.82, 2.24) is 5.32 Å². The van der Waals surface area contributed by atoms with Gasteiger partial charge in [0.2, 0.25) is 0 Å². The van der Waals surface area contributed by atoms with Crippen LogP contribution in [0.3, 0.4) is 0 Å². The molecule has 1 saturated carbocycles. The zero-order chi connectivity index (χ0) is 18.7. The highest BCUT2D eigenvalue weighted by molar-refractivity contribution is 7.92. The highest BCUT2D eigenvalue weighted by Crippen LogP contribution is 2.25. The number of carbonyl (C=O) groups is 1. The molecule has 0 unspecified atom stereocenters. The van der Waals surface area contributed by atoms with Gasteiger partial charge in [-0.25, -0.2) is 8.42 Å². The number of nitrogens with one attached hydrogen (secondary N) is 2. The average molecular weight is 372 g/mol. The predicted octanol–water partition coefficient (Wildman–Crippen LogP) is 3.89. The van der Waals surface area contributed by atoms with Crippen molar-refractivity contribution in [2.24, 2.45) is 0 Å². The van der Waals surface area contributed by atoms with Gasteiger partial charge in [-0.1, -0.05) is 38.1 Å². The Labute approximate surface area is 154 Å². The van der Waals surface area contributed by atoms with Gasteiger partial charge in [0.25, 0.3) is 15.9 Å². The Hall–Kier alpha value is -2.34. The van der Waals surface area contributed by atoms with Crippen molar-refractivity contribution < 1.29 is 13.2 Å². The van der Waals surface area contributed by atoms with Crippen LogP contribution in [-0.4, -0.2) is 20.4 Å². The van der Waals surface area contributed by atoms with Gasteiger partial charge >= 0.3 is 0 Å². The molecule has 2 aromatic rings. The quantitative estimate of drug-likeness (QED) is 0.774. The molecule has 1 amide bonds. The predicted molar refractivity (Wildman–Crippen MR) is 103 cm³/mol. The Morgan fingerprint density at radius 2 is 1.77 bits per heavy atom. The van der Waals surface area contributed by atoms with Gasteiger partial charge in [-0.15, -0.1) is 0 Å². The molecule has 5 nitrogen and oxygen atoms in total. The number of benzene rings is 2. The summed E-state index contributed by atoms with van der Waals surface area (Å²) in [6.07, 6.45) is 2.94. The summed E-state index contributed by atoms with van der Waals surface area (Å²) in [4.78, 5) is 12.5. The van der Waals surface area contributed by atoms with Gasteiger partial charge in [0.05, 0.1) is 16.1 Å². The minimum Gasteiger partial charge on any atom is -0.349 e. The lowest BCUT2D eigenvalue weighted by Gasteiger charge is -2.14. The van der Waals surface area contributed by atoms with Crippen molar-refractivity contribution in [3.05, 3.63) is 59.7 Å². The molecular weight excluding hydrogens is 348 g/mol. The van der Waals surface area contributed by atoms with Crippen molar-refractivity contribution in [3.63, 3.8) is 0 Å². The van der Waals surface area contributed by atoms with Gasteiger partial charge < -0.3 is 5.32 Å². The molecule has 3 rings (SSSR count). The van der Waals surface area contributed by atoms with Crippen LogP contribution in [0.2, 0.25) is 0 Å². The Bertz CT molecular complexity index is 888. The normalized spacial score (nSPS) is 15.3. The van der Waals surface area contributed by atoms with Crippen LogP contribution in [0.25, 0.3) is 0 Å². The third-order valence-electron chi connectivity index (χ3n) is 4.70. The van der Waals surface area contributed by atoms with Crippen molar-refractivity contribution in [1.29, 1.82) is 0 Å². The van der Waals surface area contributed by atoms with E-state index in [1.54, 1.807) is 36.4 Å². The van der Waals surface area contributed by atoms with Crippen LogP contribution >= 0.6 is 0 Å². The second kappa shape index (κ2) is 7.50. The van der Waals surface area contributed by atoms with Crippen LogP contribution in [0, 0.1) is 0 Å². The lowest BCUT2D eigenvalue weighted by Crippen LogP contribution is -2.27. The molecule has 0 aromatic heterocycles. The van der Waals surface area contributed by atoms with E-state index >= 15 is 0 Å². The van der Waals surface area contributed by atoms with E-state index in [1.807, 2.05) is 12.1 Å². The molecule has 2 N–H and O–H groups in total. The van der Waals surface area contributed by atoms with Crippen molar-refractivity contribution in [2.45, 2.75) is 50.0 Å². The second-order valence-corrected chi connectivity index (χ2v) is 8.46. The van der Waals surface area contributed by atoms with Crippen molar-refractivity contribution in [2.75, 3.05) is 4.72 Å². The highest BCUT2D eigenvalue weighted by atomic mass is 32.2. The highest BCUT2D eigenvalue weighted by Gasteiger charge is 2.25. The first-order valence-electron chi connectivity index (χ1n) is 8.93. The third kappa shape index (κ3) is 4.25. The fraction of sp³-hybridized carbons (Fsp3) is 0.350. The van der Waals surface area contributed by atoms with Crippen LogP contribution in [0.5, 0.6) is 0 Å². The summed E-state index contributed by atoms with van der Waals surface area (Å²) in [5.41, 5.74) is 1.73. The Morgan fingerprint density at radius 3 is 2.38 bits per heavy atom. The summed E-state index contributed by atoms with van der Waals surface area (Å²) < 4.78 is 28.0. The first-order valence-corrected chi connectivity index (χ1v) is 10.4. The topological polar surface area (TPSA) is 75.3 Å². The number of hydrogen-bond donors (Lipinski definition) is 2. The maximum atomic E-state index is 12.7. The van der Waals surface area contributed by atoms with E-state index in [0.717, 1.165) is 24.8 Å². The number of amides is 1. The standard InChI is InChI=1S/C20H24N2O3S/c1-3-14(2)15-8-12-17(13-9-15)26(24,25)22-19-7-5-4-6-18(19)20(23)21-16-10-11-16/h4-9,12-14,16,22H,3,10-11H2,1-2H3,(H,21,23)/t14-/m0/s1. The van der Waals surface area contributed by atoms with E-state index < -0.39 is 10.0 Å². The molecule has 0 aliphatic heterocycles. The summed E-state index contributed by atoms with van der Waals surface area (Å²) in [7, 11) is -3.76. The van der Waals surface area contributed by atoms with Gasteiger partial charge in [0, 0.05) is 6.04 Å². The first kappa shape index (κ1) is 18.5. The Kier molecular flexibility index (Phi) is 5.32. The number of sulfonamides is 1. The molecule has 138 valence electrons. The molecule has 2 aromatic carbocycles. The molecule has 0 spiro atoms. The van der Waals surface area contributed by atoms with Gasteiger partial charge in [-0.3, -0.25) is 9.52 Å². The molecular formula is C20H24N2O3S. The molecule has 1 atom stereocenters. The van der Waals surface area contributed by atoms with E-state index in [2.05, 4.69) is 23.9 Å². The summed E-state index contributed by atoms with van der Waals surface area (Å²) in [5.74, 6) is 0.129. The van der Waals surface area contributed by atoms with E-state index in [1.165, 1.54) is 0 Å². The zero-order valence-electron chi connectivity index (χ0n) is 15.0. The Morgan fingerprint density at radius 1 is 1.12 bits per heavy atom. The molecule has 0 heterocycles. The molecule has 26 heavy (non-hydrogen) atoms. The van der Waals surface area contributed by atoms with Crippen LogP contribution < -0.4 is 10.0 Å². The summed E-state index contributed by atoms with van der Waals surface area (Å²) in [6, 6.07) is 13.8. The van der Waals surface area contributed by atoms with Crippen LogP contribution in [0.4, 0.5) is 5.69 Å². The van der Waals surface area contributed by atoms with E-state index in [-0.39, 0.29) is 22.5 Å². The monoisotopic (exact) mass is 372 g/mol. The summed E-state index contributed by atoms with van der Waals surface area (Å²) in [6.45, 7) is 4.21. The SMILES string of the molecule is CC[C@H](C)c1ccc(S(=O)(=O)Nc2ccccc2C(=O)NC2CC2)cc1. The first-order chi connectivity index (χ1) is 12.4. The molecule has 0 radical (unpaired) electrons. The molecule has 1 aliphatic rings. The second-order valence-electron chi connectivity index (χ2n) is 6.78. The van der Waals surface area contributed by atoms with Crippen molar-refractivity contribution in [3.8, 4) is 0 Å². The average Bonchev–Trinajstić information content (AvgIpc) is 3.45. The number of para-hydroxylation sites is 1. The smallest absolute Gasteiger partial charge is 0.261 e. The largest absolute Gasteiger partial charge is 0.349 e. The molecule has 0 bridgehead atoms. The number of rotatable bonds is 7. The number of hydrogen-bond acceptors (Lipinski definition) is 3. The van der Waals surface area contributed by atoms with Gasteiger partial charge in [0.15, 0.2) is 0 Å². The fourth-order valence-electron chi connectivity index (χ4n) is 2.68.